The van der Waals surface area contributed by atoms with Gasteiger partial charge in [-0.3, -0.25) is 19.3 Å². The average Bonchev–Trinajstić information content (AvgIpc) is 2.70. The van der Waals surface area contributed by atoms with Crippen LogP contribution in [0.5, 0.6) is 0 Å². The van der Waals surface area contributed by atoms with Crippen LogP contribution in [0.3, 0.4) is 0 Å². The highest BCUT2D eigenvalue weighted by atomic mass is 16.5. The lowest BCUT2D eigenvalue weighted by molar-refractivity contribution is -0.124. The molecule has 0 saturated carbocycles. The van der Waals surface area contributed by atoms with Crippen molar-refractivity contribution in [2.45, 2.75) is 6.54 Å². The highest BCUT2D eigenvalue weighted by Gasteiger charge is 2.27. The van der Waals surface area contributed by atoms with Crippen LogP contribution in [-0.2, 0) is 25.6 Å². The number of nitrogens with one attached hydrogen (secondary N) is 1. The van der Waals surface area contributed by atoms with Crippen LogP contribution >= 0.6 is 0 Å². The van der Waals surface area contributed by atoms with E-state index in [1.165, 1.54) is 24.1 Å². The van der Waals surface area contributed by atoms with E-state index in [9.17, 15) is 19.2 Å². The van der Waals surface area contributed by atoms with Gasteiger partial charge in [-0.2, -0.15) is 5.10 Å². The van der Waals surface area contributed by atoms with Gasteiger partial charge in [0.25, 0.3) is 11.5 Å². The number of hydrogen-bond acceptors (Lipinski definition) is 7. The molecule has 2 aromatic rings. The van der Waals surface area contributed by atoms with Crippen molar-refractivity contribution < 1.29 is 23.9 Å². The smallest absolute Gasteiger partial charge is 0.359 e. The molecule has 2 amide bonds. The van der Waals surface area contributed by atoms with Crippen LogP contribution in [0.25, 0.3) is 0 Å². The van der Waals surface area contributed by atoms with Crippen LogP contribution in [-0.4, -0.2) is 54.4 Å². The van der Waals surface area contributed by atoms with E-state index in [1.54, 1.807) is 24.3 Å². The molecule has 10 heteroatoms. The first-order valence-corrected chi connectivity index (χ1v) is 8.43. The Kier molecular flexibility index (Phi) is 5.80. The lowest BCUT2D eigenvalue weighted by Crippen LogP contribution is -2.44. The zero-order chi connectivity index (χ0) is 20.1. The molecule has 1 aromatic carbocycles. The molecule has 0 aliphatic carbocycles. The summed E-state index contributed by atoms with van der Waals surface area (Å²) in [6, 6.07) is 9.23. The van der Waals surface area contributed by atoms with E-state index < -0.39 is 18.5 Å². The zero-order valence-electron chi connectivity index (χ0n) is 15.1. The van der Waals surface area contributed by atoms with Gasteiger partial charge in [0.1, 0.15) is 6.54 Å². The van der Waals surface area contributed by atoms with Gasteiger partial charge in [0, 0.05) is 13.2 Å². The first kappa shape index (κ1) is 19.2. The maximum atomic E-state index is 12.5. The first-order chi connectivity index (χ1) is 13.5. The lowest BCUT2D eigenvalue weighted by atomic mass is 10.2. The summed E-state index contributed by atoms with van der Waals surface area (Å²) in [5, 5.41) is 6.58. The Hall–Kier alpha value is -3.53. The van der Waals surface area contributed by atoms with E-state index in [0.717, 1.165) is 4.68 Å². The van der Waals surface area contributed by atoms with Crippen molar-refractivity contribution in [3.05, 3.63) is 52.4 Å². The molecule has 0 unspecified atom stereocenters. The number of benzene rings is 1. The highest BCUT2D eigenvalue weighted by molar-refractivity contribution is 6.10. The molecular weight excluding hydrogens is 368 g/mol. The molecule has 28 heavy (non-hydrogen) atoms. The average molecular weight is 386 g/mol. The third kappa shape index (κ3) is 4.23. The summed E-state index contributed by atoms with van der Waals surface area (Å²) in [5.74, 6) is -1.75. The summed E-state index contributed by atoms with van der Waals surface area (Å²) in [5.41, 5.74) is 0.528. The van der Waals surface area contributed by atoms with Crippen LogP contribution in [0.2, 0.25) is 0 Å². The molecule has 0 spiro atoms. The number of fused-ring (bicyclic) bond motifs is 1. The normalized spacial score (nSPS) is 12.9. The fraction of sp³-hybridized carbons (Fsp3) is 0.278. The second-order valence-corrected chi connectivity index (χ2v) is 5.89. The van der Waals surface area contributed by atoms with Crippen LogP contribution in [0.15, 0.2) is 41.2 Å². The molecule has 10 nitrogen and oxygen atoms in total. The van der Waals surface area contributed by atoms with Crippen molar-refractivity contribution in [2.24, 2.45) is 0 Å². The molecule has 0 radical (unpaired) electrons. The fourth-order valence-electron chi connectivity index (χ4n) is 2.63. The molecule has 0 saturated heterocycles. The predicted molar refractivity (Wildman–Crippen MR) is 98.1 cm³/mol. The number of anilines is 2. The number of methoxy groups -OCH3 is 1. The van der Waals surface area contributed by atoms with Crippen LogP contribution in [0, 0.1) is 0 Å². The van der Waals surface area contributed by atoms with Gasteiger partial charge in [-0.05, 0) is 18.2 Å². The van der Waals surface area contributed by atoms with Gasteiger partial charge in [0.2, 0.25) is 5.91 Å². The van der Waals surface area contributed by atoms with E-state index >= 15 is 0 Å². The molecule has 1 N–H and O–H groups in total. The van der Waals surface area contributed by atoms with Gasteiger partial charge < -0.3 is 14.8 Å². The molecule has 3 rings (SSSR count). The van der Waals surface area contributed by atoms with E-state index in [1.807, 2.05) is 0 Å². The number of aromatic nitrogens is 2. The monoisotopic (exact) mass is 386 g/mol. The van der Waals surface area contributed by atoms with E-state index in [-0.39, 0.29) is 36.9 Å². The Morgan fingerprint density at radius 2 is 1.96 bits per heavy atom. The number of ether oxygens (including phenoxy) is 2. The number of esters is 1. The Bertz CT molecular complexity index is 971. The number of amides is 2. The Labute approximate surface area is 159 Å². The van der Waals surface area contributed by atoms with E-state index in [0.29, 0.717) is 11.4 Å². The summed E-state index contributed by atoms with van der Waals surface area (Å²) < 4.78 is 11.0. The van der Waals surface area contributed by atoms with Crippen molar-refractivity contribution >= 4 is 29.2 Å². The number of hydrogen-bond donors (Lipinski definition) is 1. The standard InChI is InChI=1S/C18H18N4O6/c1-27-9-8-22-16(24)7-6-13(20-22)18(26)28-11-17(25)21-10-15(23)19-12-4-2-3-5-14(12)21/h2-7H,8-11H2,1H3,(H,19,23). The van der Waals surface area contributed by atoms with E-state index in [2.05, 4.69) is 10.4 Å². The SMILES string of the molecule is COCCn1nc(C(=O)OCC(=O)N2CC(=O)Nc3ccccc32)ccc1=O. The fourth-order valence-corrected chi connectivity index (χ4v) is 2.63. The zero-order valence-corrected chi connectivity index (χ0v) is 15.1. The van der Waals surface area contributed by atoms with Crippen LogP contribution in [0.1, 0.15) is 10.5 Å². The minimum atomic E-state index is -0.853. The van der Waals surface area contributed by atoms with Gasteiger partial charge in [-0.1, -0.05) is 12.1 Å². The third-order valence-corrected chi connectivity index (χ3v) is 3.98. The second-order valence-electron chi connectivity index (χ2n) is 5.89. The van der Waals surface area contributed by atoms with Crippen molar-refractivity contribution in [2.75, 3.05) is 37.1 Å². The topological polar surface area (TPSA) is 120 Å². The number of para-hydroxylation sites is 2. The highest BCUT2D eigenvalue weighted by Crippen LogP contribution is 2.28. The summed E-state index contributed by atoms with van der Waals surface area (Å²) in [7, 11) is 1.48. The van der Waals surface area contributed by atoms with Crippen molar-refractivity contribution in [3.8, 4) is 0 Å². The predicted octanol–water partition coefficient (Wildman–Crippen LogP) is 0.0318. The summed E-state index contributed by atoms with van der Waals surface area (Å²) in [6.07, 6.45) is 0. The van der Waals surface area contributed by atoms with Gasteiger partial charge in [0.15, 0.2) is 12.3 Å². The molecule has 0 fully saturated rings. The first-order valence-electron chi connectivity index (χ1n) is 8.43. The van der Waals surface area contributed by atoms with Gasteiger partial charge in [-0.15, -0.1) is 0 Å². The number of nitrogens with zero attached hydrogens (tertiary/aromatic N) is 3. The Balaban J connectivity index is 1.67. The lowest BCUT2D eigenvalue weighted by Gasteiger charge is -2.28. The molecule has 0 bridgehead atoms. The van der Waals surface area contributed by atoms with Crippen LogP contribution in [0.4, 0.5) is 11.4 Å². The molecule has 1 aromatic heterocycles. The maximum Gasteiger partial charge on any atom is 0.359 e. The van der Waals surface area contributed by atoms with Crippen LogP contribution < -0.4 is 15.8 Å². The summed E-state index contributed by atoms with van der Waals surface area (Å²) in [4.78, 5) is 49.4. The molecule has 2 heterocycles. The van der Waals surface area contributed by atoms with Crippen molar-refractivity contribution in [1.82, 2.24) is 9.78 Å². The van der Waals surface area contributed by atoms with Gasteiger partial charge in [0.05, 0.1) is 24.5 Å². The number of carbonyl (C=O) groups is 3. The number of rotatable bonds is 6. The summed E-state index contributed by atoms with van der Waals surface area (Å²) >= 11 is 0. The second kappa shape index (κ2) is 8.44. The molecule has 146 valence electrons. The summed E-state index contributed by atoms with van der Waals surface area (Å²) in [6.45, 7) is -0.317. The van der Waals surface area contributed by atoms with Crippen molar-refractivity contribution in [1.29, 1.82) is 0 Å². The molecule has 1 aliphatic rings. The maximum absolute atomic E-state index is 12.5. The minimum Gasteiger partial charge on any atom is -0.451 e. The Morgan fingerprint density at radius 3 is 2.75 bits per heavy atom. The minimum absolute atomic E-state index is 0.111. The Morgan fingerprint density at radius 1 is 1.18 bits per heavy atom. The van der Waals surface area contributed by atoms with Gasteiger partial charge >= 0.3 is 5.97 Å². The largest absolute Gasteiger partial charge is 0.451 e. The molecule has 1 aliphatic heterocycles. The van der Waals surface area contributed by atoms with Crippen molar-refractivity contribution in [3.63, 3.8) is 0 Å². The van der Waals surface area contributed by atoms with E-state index in [4.69, 9.17) is 9.47 Å². The number of carbonyl (C=O) groups excluding carboxylic acids is 3. The third-order valence-electron chi connectivity index (χ3n) is 3.98. The quantitative estimate of drug-likeness (QED) is 0.696. The molecule has 0 atom stereocenters. The molecular formula is C18H18N4O6. The van der Waals surface area contributed by atoms with Gasteiger partial charge in [-0.25, -0.2) is 9.48 Å².